The summed E-state index contributed by atoms with van der Waals surface area (Å²) in [7, 11) is 0. The lowest BCUT2D eigenvalue weighted by Crippen LogP contribution is -2.28. The van der Waals surface area contributed by atoms with Gasteiger partial charge in [0.15, 0.2) is 0 Å². The Morgan fingerprint density at radius 3 is 2.56 bits per heavy atom. The normalized spacial score (nSPS) is 18.6. The molecule has 1 heterocycles. The molecule has 1 saturated carbocycles. The van der Waals surface area contributed by atoms with Crippen molar-refractivity contribution in [2.75, 3.05) is 0 Å². The lowest BCUT2D eigenvalue weighted by Gasteiger charge is -2.29. The van der Waals surface area contributed by atoms with Crippen LogP contribution >= 0.6 is 0 Å². The van der Waals surface area contributed by atoms with Gasteiger partial charge in [0, 0.05) is 5.56 Å². The Hall–Kier alpha value is -3.03. The second-order valence-electron chi connectivity index (χ2n) is 8.14. The van der Waals surface area contributed by atoms with Gasteiger partial charge in [0.25, 0.3) is 0 Å². The van der Waals surface area contributed by atoms with Crippen molar-refractivity contribution in [3.63, 3.8) is 0 Å². The fourth-order valence-electron chi connectivity index (χ4n) is 3.91. The highest BCUT2D eigenvalue weighted by Gasteiger charge is 2.24. The number of carboxylic acid groups (broad SMARTS) is 1. The Morgan fingerprint density at radius 1 is 1.12 bits per heavy atom. The minimum atomic E-state index is -0.925. The molecule has 1 aliphatic rings. The van der Waals surface area contributed by atoms with Crippen LogP contribution in [0.4, 0.5) is 4.39 Å². The van der Waals surface area contributed by atoms with Crippen LogP contribution in [0.2, 0.25) is 0 Å². The number of oxazole rings is 1. The summed E-state index contributed by atoms with van der Waals surface area (Å²) in [6.45, 7) is 2.50. The zero-order valence-electron chi connectivity index (χ0n) is 17.9. The van der Waals surface area contributed by atoms with E-state index in [0.29, 0.717) is 35.9 Å². The molecule has 2 atom stereocenters. The molecule has 0 bridgehead atoms. The summed E-state index contributed by atoms with van der Waals surface area (Å²) >= 11 is 0. The van der Waals surface area contributed by atoms with Crippen LogP contribution in [0.1, 0.15) is 52.9 Å². The van der Waals surface area contributed by atoms with E-state index in [1.807, 2.05) is 12.1 Å². The molecule has 3 aromatic rings. The Kier molecular flexibility index (Phi) is 6.97. The standard InChI is InChI=1S/C25H26FNO5/c1-16-5-6-17(11-23(16)25(28)29)13-30-21-3-2-4-22(12-21)31-14-20-15-32-24(27-20)18-7-9-19(26)10-8-18/h5-11,15,21-22H,2-4,12-14H2,1H3,(H,28,29)/t21-,22-/m1/s1. The molecule has 1 aliphatic carbocycles. The third kappa shape index (κ3) is 5.60. The molecule has 0 saturated heterocycles. The van der Waals surface area contributed by atoms with E-state index in [0.717, 1.165) is 36.8 Å². The van der Waals surface area contributed by atoms with Crippen LogP contribution in [0.25, 0.3) is 11.5 Å². The van der Waals surface area contributed by atoms with E-state index in [1.54, 1.807) is 31.4 Å². The van der Waals surface area contributed by atoms with E-state index in [2.05, 4.69) is 4.98 Å². The van der Waals surface area contributed by atoms with E-state index in [-0.39, 0.29) is 18.0 Å². The molecule has 0 amide bonds. The number of aromatic carboxylic acids is 1. The van der Waals surface area contributed by atoms with Gasteiger partial charge < -0.3 is 19.0 Å². The second-order valence-corrected chi connectivity index (χ2v) is 8.14. The number of hydrogen-bond donors (Lipinski definition) is 1. The first kappa shape index (κ1) is 22.2. The molecule has 0 aliphatic heterocycles. The van der Waals surface area contributed by atoms with Crippen LogP contribution in [-0.2, 0) is 22.7 Å². The van der Waals surface area contributed by atoms with Crippen molar-refractivity contribution in [1.82, 2.24) is 4.98 Å². The average molecular weight is 439 g/mol. The zero-order valence-corrected chi connectivity index (χ0v) is 17.9. The van der Waals surface area contributed by atoms with Crippen molar-refractivity contribution >= 4 is 5.97 Å². The minimum Gasteiger partial charge on any atom is -0.478 e. The molecule has 32 heavy (non-hydrogen) atoms. The molecule has 1 N–H and O–H groups in total. The first-order valence-corrected chi connectivity index (χ1v) is 10.7. The predicted molar refractivity (Wildman–Crippen MR) is 116 cm³/mol. The van der Waals surface area contributed by atoms with Gasteiger partial charge in [-0.05, 0) is 74.1 Å². The summed E-state index contributed by atoms with van der Waals surface area (Å²) in [5.74, 6) is -0.791. The van der Waals surface area contributed by atoms with Crippen molar-refractivity contribution in [2.24, 2.45) is 0 Å². The number of nitrogens with zero attached hydrogens (tertiary/aromatic N) is 1. The summed E-state index contributed by atoms with van der Waals surface area (Å²) in [5, 5.41) is 9.29. The first-order chi connectivity index (χ1) is 15.5. The number of carboxylic acids is 1. The first-order valence-electron chi connectivity index (χ1n) is 10.7. The summed E-state index contributed by atoms with van der Waals surface area (Å²) < 4.78 is 30.7. The van der Waals surface area contributed by atoms with E-state index in [9.17, 15) is 14.3 Å². The minimum absolute atomic E-state index is 0.0623. The number of benzene rings is 2. The lowest BCUT2D eigenvalue weighted by atomic mass is 9.94. The maximum atomic E-state index is 13.1. The second kappa shape index (κ2) is 10.1. The van der Waals surface area contributed by atoms with Gasteiger partial charge in [-0.15, -0.1) is 0 Å². The summed E-state index contributed by atoms with van der Waals surface area (Å²) in [4.78, 5) is 15.7. The van der Waals surface area contributed by atoms with Gasteiger partial charge in [-0.25, -0.2) is 14.2 Å². The predicted octanol–water partition coefficient (Wildman–Crippen LogP) is 5.53. The highest BCUT2D eigenvalue weighted by molar-refractivity contribution is 5.89. The molecule has 7 heteroatoms. The number of halogens is 1. The van der Waals surface area contributed by atoms with Crippen molar-refractivity contribution in [3.05, 3.63) is 76.9 Å². The average Bonchev–Trinajstić information content (AvgIpc) is 3.27. The van der Waals surface area contributed by atoms with Gasteiger partial charge in [0.05, 0.1) is 31.0 Å². The van der Waals surface area contributed by atoms with Crippen molar-refractivity contribution < 1.29 is 28.2 Å². The fraction of sp³-hybridized carbons (Fsp3) is 0.360. The number of carbonyl (C=O) groups is 1. The maximum absolute atomic E-state index is 13.1. The van der Waals surface area contributed by atoms with Crippen LogP contribution in [-0.4, -0.2) is 28.3 Å². The molecule has 2 aromatic carbocycles. The van der Waals surface area contributed by atoms with Crippen molar-refractivity contribution in [2.45, 2.75) is 58.0 Å². The third-order valence-electron chi connectivity index (χ3n) is 5.71. The van der Waals surface area contributed by atoms with Crippen LogP contribution < -0.4 is 0 Å². The van der Waals surface area contributed by atoms with Crippen molar-refractivity contribution in [1.29, 1.82) is 0 Å². The number of rotatable bonds is 8. The molecule has 1 fully saturated rings. The number of aryl methyl sites for hydroxylation is 1. The highest BCUT2D eigenvalue weighted by atomic mass is 19.1. The molecule has 168 valence electrons. The van der Waals surface area contributed by atoms with Gasteiger partial charge in [-0.2, -0.15) is 0 Å². The molecular weight excluding hydrogens is 413 g/mol. The maximum Gasteiger partial charge on any atom is 0.335 e. The van der Waals surface area contributed by atoms with E-state index < -0.39 is 5.97 Å². The Balaban J connectivity index is 1.27. The monoisotopic (exact) mass is 439 g/mol. The topological polar surface area (TPSA) is 81.8 Å². The highest BCUT2D eigenvalue weighted by Crippen LogP contribution is 2.26. The van der Waals surface area contributed by atoms with Gasteiger partial charge in [-0.3, -0.25) is 0 Å². The van der Waals surface area contributed by atoms with Crippen LogP contribution in [0.15, 0.2) is 53.1 Å². The van der Waals surface area contributed by atoms with E-state index in [1.165, 1.54) is 12.1 Å². The Morgan fingerprint density at radius 2 is 1.84 bits per heavy atom. The fourth-order valence-corrected chi connectivity index (χ4v) is 3.91. The molecule has 0 radical (unpaired) electrons. The number of hydrogen-bond acceptors (Lipinski definition) is 5. The van der Waals surface area contributed by atoms with Gasteiger partial charge >= 0.3 is 5.97 Å². The van der Waals surface area contributed by atoms with Gasteiger partial charge in [0.2, 0.25) is 5.89 Å². The van der Waals surface area contributed by atoms with Crippen LogP contribution in [0.3, 0.4) is 0 Å². The van der Waals surface area contributed by atoms with Crippen molar-refractivity contribution in [3.8, 4) is 11.5 Å². The Labute approximate surface area is 186 Å². The summed E-state index contributed by atoms with van der Waals surface area (Å²) in [5.41, 5.74) is 3.30. The largest absolute Gasteiger partial charge is 0.478 e. The van der Waals surface area contributed by atoms with E-state index >= 15 is 0 Å². The van der Waals surface area contributed by atoms with Gasteiger partial charge in [0.1, 0.15) is 17.8 Å². The molecular formula is C25H26FNO5. The van der Waals surface area contributed by atoms with E-state index in [4.69, 9.17) is 13.9 Å². The smallest absolute Gasteiger partial charge is 0.335 e. The molecule has 6 nitrogen and oxygen atoms in total. The lowest BCUT2D eigenvalue weighted by molar-refractivity contribution is -0.0561. The molecule has 1 aromatic heterocycles. The summed E-state index contributed by atoms with van der Waals surface area (Å²) in [6.07, 6.45) is 5.38. The third-order valence-corrected chi connectivity index (χ3v) is 5.71. The quantitative estimate of drug-likeness (QED) is 0.497. The molecule has 4 rings (SSSR count). The molecule has 0 spiro atoms. The molecule has 0 unspecified atom stereocenters. The van der Waals surface area contributed by atoms with Crippen LogP contribution in [0, 0.1) is 12.7 Å². The number of ether oxygens (including phenoxy) is 2. The summed E-state index contributed by atoms with van der Waals surface area (Å²) in [6, 6.07) is 11.4. The van der Waals surface area contributed by atoms with Gasteiger partial charge in [-0.1, -0.05) is 12.1 Å². The SMILES string of the molecule is Cc1ccc(CO[C@@H]2CCC[C@@H](OCc3coc(-c4ccc(F)cc4)n3)C2)cc1C(=O)O. The zero-order chi connectivity index (χ0) is 22.5. The Bertz CT molecular complexity index is 1060. The number of aromatic nitrogens is 1. The van der Waals surface area contributed by atoms with Crippen LogP contribution in [0.5, 0.6) is 0 Å².